The van der Waals surface area contributed by atoms with Crippen molar-refractivity contribution in [3.05, 3.63) is 41.9 Å². The molecule has 7 aliphatic rings. The molecule has 0 aromatic carbocycles. The van der Waals surface area contributed by atoms with Gasteiger partial charge in [-0.15, -0.1) is 0 Å². The molecule has 1 aliphatic heterocycles. The lowest BCUT2D eigenvalue weighted by molar-refractivity contribution is -0.175. The molecular formula is C42H64N4O2S. The second-order valence-electron chi connectivity index (χ2n) is 18.6. The van der Waals surface area contributed by atoms with Crippen molar-refractivity contribution in [2.75, 3.05) is 44.3 Å². The number of rotatable bonds is 8. The molecular weight excluding hydrogens is 625 g/mol. The number of ether oxygens (including phenoxy) is 1. The lowest BCUT2D eigenvalue weighted by Gasteiger charge is -2.68. The van der Waals surface area contributed by atoms with Crippen LogP contribution in [0.25, 0.3) is 0 Å². The van der Waals surface area contributed by atoms with Gasteiger partial charge in [-0.25, -0.2) is 4.98 Å². The molecule has 0 amide bonds. The summed E-state index contributed by atoms with van der Waals surface area (Å²) in [6, 6.07) is 0. The predicted molar refractivity (Wildman–Crippen MR) is 200 cm³/mol. The molecule has 0 bridgehead atoms. The number of aromatic nitrogens is 2. The summed E-state index contributed by atoms with van der Waals surface area (Å²) in [4.78, 5) is 11.0. The summed E-state index contributed by atoms with van der Waals surface area (Å²) in [6.45, 7) is 15.7. The number of fused-ring (bicyclic) bond motifs is 7. The minimum absolute atomic E-state index is 0.223. The first-order valence-electron chi connectivity index (χ1n) is 20.2. The number of hydrogen-bond acceptors (Lipinski definition) is 6. The summed E-state index contributed by atoms with van der Waals surface area (Å²) < 4.78 is 17.9. The van der Waals surface area contributed by atoms with Crippen LogP contribution in [0.1, 0.15) is 111 Å². The van der Waals surface area contributed by atoms with Gasteiger partial charge in [0.15, 0.2) is 0 Å². The molecule has 8 rings (SSSR count). The zero-order valence-corrected chi connectivity index (χ0v) is 31.9. The fraction of sp³-hybridized carbons (Fsp3) is 0.810. The normalized spacial score (nSPS) is 42.2. The fourth-order valence-electron chi connectivity index (χ4n) is 13.9. The van der Waals surface area contributed by atoms with Gasteiger partial charge in [0.05, 0.1) is 12.8 Å². The molecule has 4 saturated carbocycles. The Morgan fingerprint density at radius 1 is 0.918 bits per heavy atom. The SMILES string of the molecule is CC1(C)C(C2=CCC(COc3cnccn3)CC2)=CCC2(C)C1CCC1(C)C3CCC4(NCCN5CCS(=O)CC5)CCC[C@@H]4C3CCC12. The molecule has 9 atom stereocenters. The number of nitrogens with one attached hydrogen (secondary N) is 1. The van der Waals surface area contributed by atoms with E-state index < -0.39 is 10.8 Å². The van der Waals surface area contributed by atoms with Gasteiger partial charge in [-0.2, -0.15) is 0 Å². The van der Waals surface area contributed by atoms with E-state index in [9.17, 15) is 4.21 Å². The zero-order valence-electron chi connectivity index (χ0n) is 31.1. The quantitative estimate of drug-likeness (QED) is 0.299. The van der Waals surface area contributed by atoms with E-state index in [4.69, 9.17) is 4.74 Å². The van der Waals surface area contributed by atoms with E-state index in [0.717, 1.165) is 80.3 Å². The number of allylic oxidation sites excluding steroid dienone is 4. The van der Waals surface area contributed by atoms with Crippen LogP contribution in [-0.4, -0.2) is 68.9 Å². The molecule has 5 fully saturated rings. The Morgan fingerprint density at radius 3 is 2.55 bits per heavy atom. The first-order valence-corrected chi connectivity index (χ1v) is 21.7. The smallest absolute Gasteiger partial charge is 0.232 e. The molecule has 6 aliphatic carbocycles. The van der Waals surface area contributed by atoms with Gasteiger partial charge in [0.1, 0.15) is 0 Å². The monoisotopic (exact) mass is 688 g/mol. The maximum absolute atomic E-state index is 11.9. The van der Waals surface area contributed by atoms with E-state index in [2.05, 4.69) is 60.0 Å². The summed E-state index contributed by atoms with van der Waals surface area (Å²) >= 11 is 0. The molecule has 1 aromatic rings. The van der Waals surface area contributed by atoms with E-state index >= 15 is 0 Å². The predicted octanol–water partition coefficient (Wildman–Crippen LogP) is 7.99. The van der Waals surface area contributed by atoms with Gasteiger partial charge in [-0.3, -0.25) is 9.19 Å². The Balaban J connectivity index is 0.938. The van der Waals surface area contributed by atoms with Crippen molar-refractivity contribution >= 4 is 10.8 Å². The lowest BCUT2D eigenvalue weighted by Crippen LogP contribution is -2.64. The van der Waals surface area contributed by atoms with Crippen molar-refractivity contribution in [2.24, 2.45) is 51.8 Å². The average molecular weight is 689 g/mol. The van der Waals surface area contributed by atoms with Gasteiger partial charge in [0.2, 0.25) is 5.88 Å². The van der Waals surface area contributed by atoms with Crippen molar-refractivity contribution in [1.82, 2.24) is 20.2 Å². The first-order chi connectivity index (χ1) is 23.6. The summed E-state index contributed by atoms with van der Waals surface area (Å²) in [6.07, 6.45) is 28.0. The highest BCUT2D eigenvalue weighted by Crippen LogP contribution is 2.72. The van der Waals surface area contributed by atoms with Crippen LogP contribution in [0.5, 0.6) is 5.88 Å². The summed E-state index contributed by atoms with van der Waals surface area (Å²) in [5.74, 6) is 7.20. The summed E-state index contributed by atoms with van der Waals surface area (Å²) in [5.41, 5.74) is 4.79. The van der Waals surface area contributed by atoms with Crippen molar-refractivity contribution in [3.8, 4) is 5.88 Å². The van der Waals surface area contributed by atoms with Crippen LogP contribution < -0.4 is 10.1 Å². The minimum Gasteiger partial charge on any atom is -0.476 e. The second kappa shape index (κ2) is 13.4. The standard InChI is InChI=1S/C42H64N4O2S/c1-39(2)33(31-9-7-30(8-10-31)29-48-38-28-43-20-21-44-38)13-17-41(4)36(39)15-18-40(3)34-14-19-42(45-22-23-46-24-26-49(47)27-25-46)16-5-6-35(42)32(34)11-12-37(40)41/h9,13,20-21,28,30,32,34-37,45H,5-8,10-12,14-19,22-27,29H2,1-4H3/t30?,32?,34?,35-,36?,37?,40?,41?,42?/m1/s1. The molecule has 2 heterocycles. The van der Waals surface area contributed by atoms with Crippen LogP contribution in [0.2, 0.25) is 0 Å². The van der Waals surface area contributed by atoms with Crippen LogP contribution >= 0.6 is 0 Å². The van der Waals surface area contributed by atoms with Crippen molar-refractivity contribution in [1.29, 1.82) is 0 Å². The number of hydrogen-bond donors (Lipinski definition) is 1. The molecule has 1 saturated heterocycles. The van der Waals surface area contributed by atoms with Crippen LogP contribution in [-0.2, 0) is 10.8 Å². The third-order valence-corrected chi connectivity index (χ3v) is 17.4. The Hall–Kier alpha value is -1.57. The van der Waals surface area contributed by atoms with Gasteiger partial charge < -0.3 is 15.0 Å². The molecule has 0 radical (unpaired) electrons. The van der Waals surface area contributed by atoms with E-state index in [-0.39, 0.29) is 5.41 Å². The highest BCUT2D eigenvalue weighted by molar-refractivity contribution is 7.85. The third kappa shape index (κ3) is 6.11. The van der Waals surface area contributed by atoms with E-state index in [1.165, 1.54) is 77.0 Å². The molecule has 8 unspecified atom stereocenters. The average Bonchev–Trinajstić information content (AvgIpc) is 3.53. The van der Waals surface area contributed by atoms with Crippen molar-refractivity contribution in [2.45, 2.75) is 117 Å². The lowest BCUT2D eigenvalue weighted by atomic mass is 9.37. The number of nitrogens with zero attached hydrogens (tertiary/aromatic N) is 3. The highest BCUT2D eigenvalue weighted by atomic mass is 32.2. The van der Waals surface area contributed by atoms with Crippen LogP contribution in [0.3, 0.4) is 0 Å². The first kappa shape index (κ1) is 34.5. The summed E-state index contributed by atoms with van der Waals surface area (Å²) in [7, 11) is -0.584. The minimum atomic E-state index is -0.584. The molecule has 1 N–H and O–H groups in total. The van der Waals surface area contributed by atoms with E-state index in [0.29, 0.717) is 28.2 Å². The zero-order chi connectivity index (χ0) is 33.9. The van der Waals surface area contributed by atoms with Gasteiger partial charge in [0.25, 0.3) is 0 Å². The third-order valence-electron chi connectivity index (χ3n) is 16.1. The maximum atomic E-state index is 11.9. The van der Waals surface area contributed by atoms with Gasteiger partial charge in [-0.05, 0) is 140 Å². The van der Waals surface area contributed by atoms with E-state index in [1.807, 2.05) is 0 Å². The topological polar surface area (TPSA) is 67.4 Å². The highest BCUT2D eigenvalue weighted by Gasteiger charge is 2.65. The van der Waals surface area contributed by atoms with Crippen LogP contribution in [0.15, 0.2) is 41.9 Å². The van der Waals surface area contributed by atoms with Crippen LogP contribution in [0.4, 0.5) is 0 Å². The molecule has 1 aromatic heterocycles. The van der Waals surface area contributed by atoms with Crippen LogP contribution in [0, 0.1) is 51.8 Å². The molecule has 49 heavy (non-hydrogen) atoms. The van der Waals surface area contributed by atoms with Gasteiger partial charge >= 0.3 is 0 Å². The molecule has 0 spiro atoms. The Labute approximate surface area is 299 Å². The summed E-state index contributed by atoms with van der Waals surface area (Å²) in [5, 5.41) is 4.25. The molecule has 7 heteroatoms. The molecule has 6 nitrogen and oxygen atoms in total. The van der Waals surface area contributed by atoms with Crippen molar-refractivity contribution in [3.63, 3.8) is 0 Å². The maximum Gasteiger partial charge on any atom is 0.232 e. The largest absolute Gasteiger partial charge is 0.476 e. The molecule has 270 valence electrons. The van der Waals surface area contributed by atoms with Gasteiger partial charge in [-0.1, -0.05) is 46.3 Å². The van der Waals surface area contributed by atoms with Gasteiger partial charge in [0, 0.05) is 66.4 Å². The Morgan fingerprint density at radius 2 is 1.78 bits per heavy atom. The fourth-order valence-corrected chi connectivity index (χ4v) is 15.0. The second-order valence-corrected chi connectivity index (χ2v) is 20.3. The van der Waals surface area contributed by atoms with Crippen molar-refractivity contribution < 1.29 is 8.95 Å². The Bertz CT molecular complexity index is 1430. The van der Waals surface area contributed by atoms with E-state index in [1.54, 1.807) is 29.7 Å². The Kier molecular flexibility index (Phi) is 9.47.